The second-order valence-electron chi connectivity index (χ2n) is 16.7. The number of pyridine rings is 1. The van der Waals surface area contributed by atoms with Crippen molar-refractivity contribution in [2.24, 2.45) is 18.4 Å². The van der Waals surface area contributed by atoms with Crippen molar-refractivity contribution in [3.63, 3.8) is 0 Å². The number of aliphatic hydroxyl groups excluding tert-OH is 1. The Morgan fingerprint density at radius 2 is 1.89 bits per heavy atom. The Bertz CT molecular complexity index is 2270. The van der Waals surface area contributed by atoms with Crippen LogP contribution in [0.1, 0.15) is 60.9 Å². The van der Waals surface area contributed by atoms with E-state index in [2.05, 4.69) is 57.3 Å². The summed E-state index contributed by atoms with van der Waals surface area (Å²) in [6.07, 6.45) is 8.52. The lowest BCUT2D eigenvalue weighted by Crippen LogP contribution is -2.53. The van der Waals surface area contributed by atoms with Crippen LogP contribution in [0.3, 0.4) is 0 Å². The van der Waals surface area contributed by atoms with E-state index >= 15 is 0 Å². The van der Waals surface area contributed by atoms with Crippen molar-refractivity contribution in [1.29, 1.82) is 0 Å². The summed E-state index contributed by atoms with van der Waals surface area (Å²) in [6, 6.07) is 9.61. The smallest absolute Gasteiger partial charge is 0.293 e. The number of carbonyl (C=O) groups excluding carboxylic acids is 2. The van der Waals surface area contributed by atoms with Gasteiger partial charge in [0.1, 0.15) is 11.5 Å². The minimum atomic E-state index is -0.392. The first-order valence-corrected chi connectivity index (χ1v) is 20.0. The fourth-order valence-corrected chi connectivity index (χ4v) is 9.18. The molecule has 1 aliphatic carbocycles. The molecule has 14 heteroatoms. The van der Waals surface area contributed by atoms with E-state index in [9.17, 15) is 19.5 Å². The molecule has 4 aliphatic rings. The largest absolute Gasteiger partial charge is 0.392 e. The van der Waals surface area contributed by atoms with Gasteiger partial charge in [0, 0.05) is 100 Å². The predicted molar refractivity (Wildman–Crippen MR) is 221 cm³/mol. The van der Waals surface area contributed by atoms with Gasteiger partial charge in [-0.1, -0.05) is 20.4 Å². The third-order valence-corrected chi connectivity index (χ3v) is 12.0. The zero-order valence-corrected chi connectivity index (χ0v) is 33.4. The summed E-state index contributed by atoms with van der Waals surface area (Å²) in [6.45, 7) is 16.4. The topological polar surface area (TPSA) is 150 Å². The van der Waals surface area contributed by atoms with Gasteiger partial charge in [0.05, 0.1) is 23.7 Å². The minimum absolute atomic E-state index is 0.0606. The molecule has 3 aliphatic heterocycles. The van der Waals surface area contributed by atoms with Crippen LogP contribution in [0.2, 0.25) is 0 Å². The summed E-state index contributed by atoms with van der Waals surface area (Å²) < 4.78 is 9.15. The third kappa shape index (κ3) is 7.61. The van der Waals surface area contributed by atoms with Crippen LogP contribution < -0.4 is 26.0 Å². The Morgan fingerprint density at radius 1 is 1.09 bits per heavy atom. The highest BCUT2D eigenvalue weighted by molar-refractivity contribution is 6.06. The lowest BCUT2D eigenvalue weighted by molar-refractivity contribution is -0.111. The molecule has 3 N–H and O–H groups in total. The van der Waals surface area contributed by atoms with Gasteiger partial charge in [-0.15, -0.1) is 0 Å². The maximum absolute atomic E-state index is 14.0. The lowest BCUT2D eigenvalue weighted by atomic mass is 9.90. The first kappa shape index (κ1) is 38.6. The number of nitrogens with one attached hydrogen (secondary N) is 2. The molecule has 2 amide bonds. The quantitative estimate of drug-likeness (QED) is 0.193. The first-order chi connectivity index (χ1) is 27.4. The van der Waals surface area contributed by atoms with Crippen molar-refractivity contribution in [3.8, 4) is 11.3 Å². The van der Waals surface area contributed by atoms with Gasteiger partial charge in [0.15, 0.2) is 5.82 Å². The maximum Gasteiger partial charge on any atom is 0.293 e. The molecule has 4 aromatic rings. The average Bonchev–Trinajstić information content (AvgIpc) is 3.69. The van der Waals surface area contributed by atoms with Crippen molar-refractivity contribution in [3.05, 3.63) is 88.2 Å². The van der Waals surface area contributed by atoms with Gasteiger partial charge in [0.25, 0.3) is 11.5 Å². The number of hydrogen-bond acceptors (Lipinski definition) is 10. The van der Waals surface area contributed by atoms with Crippen molar-refractivity contribution in [1.82, 2.24) is 24.0 Å². The Kier molecular flexibility index (Phi) is 10.5. The molecule has 0 saturated carbocycles. The second kappa shape index (κ2) is 15.6. The lowest BCUT2D eigenvalue weighted by Gasteiger charge is -2.43. The highest BCUT2D eigenvalue weighted by atomic mass is 16.5. The number of fused-ring (bicyclic) bond motifs is 3. The molecular formula is C43H53N9O5. The Labute approximate surface area is 333 Å². The molecule has 1 unspecified atom stereocenters. The van der Waals surface area contributed by atoms with E-state index in [1.54, 1.807) is 30.4 Å². The molecule has 1 aromatic carbocycles. The normalized spacial score (nSPS) is 19.7. The highest BCUT2D eigenvalue weighted by Crippen LogP contribution is 2.40. The molecule has 2 fully saturated rings. The molecule has 0 bridgehead atoms. The summed E-state index contributed by atoms with van der Waals surface area (Å²) in [5.41, 5.74) is 6.36. The Hall–Kier alpha value is -5.31. The number of piperazine rings is 1. The number of aryl methyl sites for hydroxylation is 1. The van der Waals surface area contributed by atoms with E-state index in [0.29, 0.717) is 58.7 Å². The van der Waals surface area contributed by atoms with Crippen LogP contribution in [-0.2, 0) is 42.6 Å². The highest BCUT2D eigenvalue weighted by Gasteiger charge is 2.38. The number of ether oxygens (including phenoxy) is 1. The third-order valence-electron chi connectivity index (χ3n) is 12.0. The number of aromatic nitrogens is 4. The molecule has 57 heavy (non-hydrogen) atoms. The number of nitrogens with zero attached hydrogens (tertiary/aromatic N) is 7. The zero-order valence-electron chi connectivity index (χ0n) is 33.4. The van der Waals surface area contributed by atoms with Gasteiger partial charge >= 0.3 is 0 Å². The molecule has 8 rings (SSSR count). The molecule has 6 heterocycles. The molecule has 2 saturated heterocycles. The minimum Gasteiger partial charge on any atom is -0.392 e. The molecule has 0 radical (unpaired) electrons. The summed E-state index contributed by atoms with van der Waals surface area (Å²) in [5.74, 6) is 0.592. The molecule has 3 aromatic heterocycles. The Morgan fingerprint density at radius 3 is 2.65 bits per heavy atom. The summed E-state index contributed by atoms with van der Waals surface area (Å²) in [5, 5.41) is 17.0. The Balaban J connectivity index is 1.05. The monoisotopic (exact) mass is 775 g/mol. The van der Waals surface area contributed by atoms with Crippen LogP contribution in [0.15, 0.2) is 60.2 Å². The molecular weight excluding hydrogens is 723 g/mol. The van der Waals surface area contributed by atoms with Crippen LogP contribution in [0.5, 0.6) is 0 Å². The fraction of sp³-hybridized carbons (Fsp3) is 0.465. The van der Waals surface area contributed by atoms with Crippen LogP contribution >= 0.6 is 0 Å². The van der Waals surface area contributed by atoms with Crippen LogP contribution in [0.4, 0.5) is 28.7 Å². The number of hydrogen-bond donors (Lipinski definition) is 3. The second-order valence-corrected chi connectivity index (χ2v) is 16.7. The summed E-state index contributed by atoms with van der Waals surface area (Å²) in [4.78, 5) is 56.0. The SMILES string of the molecule is C=CC(=O)Nc1cc(Nc2nc(-c3ccnc(N4CCn5c(cc6c5CC(C)(C)C6)C4=O)c3CO)cn(C)c2=O)ccc1N1CCN(CC2CCOCC2)CC1C. The molecule has 300 valence electrons. The van der Waals surface area contributed by atoms with Crippen molar-refractivity contribution >= 4 is 40.5 Å². The van der Waals surface area contributed by atoms with Crippen LogP contribution in [0, 0.1) is 11.3 Å². The standard InChI is InChI=1S/C43H53N9O5/c1-6-38(54)46-33-20-30(7-8-35(33)50-14-13-49(23-27(50)2)24-28-10-17-57-18-11-28)45-39-42(56)48(5)25-34(47-39)31-9-12-44-40(32(31)26-53)52-16-15-51-36(41(52)55)19-29-21-43(3,4)22-37(29)51/h6-9,12,19-20,25,27-28,53H,1,10-11,13-18,21-24,26H2,2-5H3,(H,45,47)(H,46,54). The van der Waals surface area contributed by atoms with Gasteiger partial charge in [-0.3, -0.25) is 24.2 Å². The van der Waals surface area contributed by atoms with E-state index in [-0.39, 0.29) is 34.6 Å². The van der Waals surface area contributed by atoms with Gasteiger partial charge in [-0.2, -0.15) is 0 Å². The number of carbonyl (C=O) groups is 2. The van der Waals surface area contributed by atoms with Crippen molar-refractivity contribution in [2.75, 3.05) is 66.4 Å². The molecule has 14 nitrogen and oxygen atoms in total. The number of benzene rings is 1. The molecule has 0 spiro atoms. The predicted octanol–water partition coefficient (Wildman–Crippen LogP) is 4.73. The number of anilines is 5. The van der Waals surface area contributed by atoms with Gasteiger partial charge in [-0.25, -0.2) is 9.97 Å². The van der Waals surface area contributed by atoms with E-state index in [0.717, 1.165) is 70.8 Å². The zero-order chi connectivity index (χ0) is 40.0. The van der Waals surface area contributed by atoms with E-state index in [4.69, 9.17) is 9.72 Å². The van der Waals surface area contributed by atoms with Crippen molar-refractivity contribution < 1.29 is 19.4 Å². The van der Waals surface area contributed by atoms with Crippen LogP contribution in [-0.4, -0.2) is 92.9 Å². The maximum atomic E-state index is 14.0. The molecule has 1 atom stereocenters. The van der Waals surface area contributed by atoms with Gasteiger partial charge in [-0.05, 0) is 85.9 Å². The summed E-state index contributed by atoms with van der Waals surface area (Å²) in [7, 11) is 1.64. The summed E-state index contributed by atoms with van der Waals surface area (Å²) >= 11 is 0. The van der Waals surface area contributed by atoms with E-state index < -0.39 is 6.61 Å². The first-order valence-electron chi connectivity index (χ1n) is 20.0. The number of aliphatic hydroxyl groups is 1. The number of amides is 2. The van der Waals surface area contributed by atoms with Crippen molar-refractivity contribution in [2.45, 2.75) is 65.6 Å². The van der Waals surface area contributed by atoms with E-state index in [1.165, 1.54) is 21.9 Å². The fourth-order valence-electron chi connectivity index (χ4n) is 9.18. The average molecular weight is 776 g/mol. The van der Waals surface area contributed by atoms with E-state index in [1.807, 2.05) is 24.3 Å². The number of rotatable bonds is 10. The van der Waals surface area contributed by atoms with Gasteiger partial charge < -0.3 is 34.5 Å². The van der Waals surface area contributed by atoms with Crippen LogP contribution in [0.25, 0.3) is 11.3 Å². The van der Waals surface area contributed by atoms with Gasteiger partial charge in [0.2, 0.25) is 5.91 Å².